The topological polar surface area (TPSA) is 65.5 Å². The Morgan fingerprint density at radius 3 is 2.53 bits per heavy atom. The van der Waals surface area contributed by atoms with Gasteiger partial charge in [0.15, 0.2) is 0 Å². The lowest BCUT2D eigenvalue weighted by atomic mass is 9.93. The van der Waals surface area contributed by atoms with Crippen molar-refractivity contribution < 1.29 is 19.4 Å². The van der Waals surface area contributed by atoms with E-state index in [1.54, 1.807) is 0 Å². The van der Waals surface area contributed by atoms with Gasteiger partial charge in [-0.25, -0.2) is 0 Å². The molecule has 7 nitrogen and oxygen atoms in total. The molecule has 1 unspecified atom stereocenters. The molecule has 0 saturated heterocycles. The van der Waals surface area contributed by atoms with Gasteiger partial charge < -0.3 is 24.4 Å². The van der Waals surface area contributed by atoms with Crippen LogP contribution in [-0.2, 0) is 23.5 Å². The Bertz CT molecular complexity index is 960. The van der Waals surface area contributed by atoms with Crippen LogP contribution < -0.4 is 9.47 Å². The average Bonchev–Trinajstić information content (AvgIpc) is 3.07. The average molecular weight is 440 g/mol. The second-order valence-electron chi connectivity index (χ2n) is 9.16. The summed E-state index contributed by atoms with van der Waals surface area (Å²) in [5.41, 5.74) is 1.87. The SMILES string of the molecule is CN(C)CC(C)(O)c1ccc2c(c1)CN(C(=O)CN1CCOc3ccccc3C1)CCO2. The van der Waals surface area contributed by atoms with Crippen molar-refractivity contribution in [3.8, 4) is 11.5 Å². The van der Waals surface area contributed by atoms with Crippen LogP contribution in [0.25, 0.3) is 0 Å². The zero-order chi connectivity index (χ0) is 22.7. The van der Waals surface area contributed by atoms with Crippen LogP contribution in [-0.4, -0.2) is 79.2 Å². The molecule has 0 aliphatic carbocycles. The number of carbonyl (C=O) groups is 1. The Hall–Kier alpha value is -2.61. The molecule has 7 heteroatoms. The molecule has 0 fully saturated rings. The van der Waals surface area contributed by atoms with Gasteiger partial charge in [0.05, 0.1) is 18.7 Å². The van der Waals surface area contributed by atoms with E-state index in [1.165, 1.54) is 0 Å². The number of amides is 1. The Morgan fingerprint density at radius 2 is 1.75 bits per heavy atom. The van der Waals surface area contributed by atoms with E-state index in [2.05, 4.69) is 11.0 Å². The molecule has 172 valence electrons. The van der Waals surface area contributed by atoms with Gasteiger partial charge in [0.25, 0.3) is 0 Å². The summed E-state index contributed by atoms with van der Waals surface area (Å²) < 4.78 is 11.7. The highest BCUT2D eigenvalue weighted by molar-refractivity contribution is 5.78. The first-order chi connectivity index (χ1) is 15.3. The van der Waals surface area contributed by atoms with Crippen LogP contribution >= 0.6 is 0 Å². The van der Waals surface area contributed by atoms with Gasteiger partial charge in [-0.2, -0.15) is 0 Å². The van der Waals surface area contributed by atoms with Crippen LogP contribution in [0.3, 0.4) is 0 Å². The van der Waals surface area contributed by atoms with E-state index >= 15 is 0 Å². The summed E-state index contributed by atoms with van der Waals surface area (Å²) in [5.74, 6) is 1.75. The molecule has 32 heavy (non-hydrogen) atoms. The van der Waals surface area contributed by atoms with Crippen LogP contribution in [0.15, 0.2) is 42.5 Å². The Balaban J connectivity index is 1.46. The number of para-hydroxylation sites is 1. The minimum Gasteiger partial charge on any atom is -0.492 e. The van der Waals surface area contributed by atoms with E-state index in [1.807, 2.05) is 67.2 Å². The smallest absolute Gasteiger partial charge is 0.237 e. The molecule has 2 aromatic rings. The summed E-state index contributed by atoms with van der Waals surface area (Å²) in [6, 6.07) is 13.8. The van der Waals surface area contributed by atoms with Crippen molar-refractivity contribution in [2.75, 3.05) is 53.5 Å². The van der Waals surface area contributed by atoms with Crippen LogP contribution in [0, 0.1) is 0 Å². The molecule has 1 N–H and O–H groups in total. The zero-order valence-electron chi connectivity index (χ0n) is 19.2. The summed E-state index contributed by atoms with van der Waals surface area (Å²) in [6.07, 6.45) is 0. The van der Waals surface area contributed by atoms with Crippen LogP contribution in [0.4, 0.5) is 0 Å². The van der Waals surface area contributed by atoms with Crippen molar-refractivity contribution >= 4 is 5.91 Å². The first-order valence-electron chi connectivity index (χ1n) is 11.2. The van der Waals surface area contributed by atoms with Crippen LogP contribution in [0.1, 0.15) is 23.6 Å². The van der Waals surface area contributed by atoms with E-state index in [-0.39, 0.29) is 5.91 Å². The predicted octanol–water partition coefficient (Wildman–Crippen LogP) is 2.07. The van der Waals surface area contributed by atoms with Gasteiger partial charge in [-0.3, -0.25) is 9.69 Å². The number of benzene rings is 2. The first-order valence-corrected chi connectivity index (χ1v) is 11.2. The van der Waals surface area contributed by atoms with E-state index in [0.717, 1.165) is 28.2 Å². The Kier molecular flexibility index (Phi) is 6.69. The Labute approximate surface area is 190 Å². The van der Waals surface area contributed by atoms with Gasteiger partial charge in [-0.15, -0.1) is 0 Å². The quantitative estimate of drug-likeness (QED) is 0.770. The highest BCUT2D eigenvalue weighted by Crippen LogP contribution is 2.30. The number of carbonyl (C=O) groups excluding carboxylic acids is 1. The minimum atomic E-state index is -0.987. The highest BCUT2D eigenvalue weighted by atomic mass is 16.5. The lowest BCUT2D eigenvalue weighted by Gasteiger charge is -2.28. The maximum atomic E-state index is 13.2. The van der Waals surface area contributed by atoms with E-state index in [0.29, 0.717) is 52.5 Å². The summed E-state index contributed by atoms with van der Waals surface area (Å²) in [7, 11) is 3.88. The van der Waals surface area contributed by atoms with E-state index in [9.17, 15) is 9.90 Å². The lowest BCUT2D eigenvalue weighted by molar-refractivity contribution is -0.133. The fraction of sp³-hybridized carbons (Fsp3) is 0.480. The van der Waals surface area contributed by atoms with Gasteiger partial charge in [0.1, 0.15) is 24.7 Å². The third kappa shape index (κ3) is 5.23. The number of hydrogen-bond donors (Lipinski definition) is 1. The number of aliphatic hydroxyl groups is 1. The lowest BCUT2D eigenvalue weighted by Crippen LogP contribution is -2.41. The van der Waals surface area contributed by atoms with Crippen molar-refractivity contribution in [2.24, 2.45) is 0 Å². The third-order valence-corrected chi connectivity index (χ3v) is 6.03. The minimum absolute atomic E-state index is 0.0753. The standard InChI is InChI=1S/C25H33N3O4/c1-25(30,18-26(2)3)21-8-9-23-20(14-21)16-28(11-13-32-23)24(29)17-27-10-12-31-22-7-5-4-6-19(22)15-27/h4-9,14,30H,10-13,15-18H2,1-3H3. The highest BCUT2D eigenvalue weighted by Gasteiger charge is 2.28. The van der Waals surface area contributed by atoms with Crippen molar-refractivity contribution in [3.05, 3.63) is 59.2 Å². The molecule has 2 aliphatic heterocycles. The van der Waals surface area contributed by atoms with E-state index < -0.39 is 5.60 Å². The fourth-order valence-electron chi connectivity index (χ4n) is 4.46. The second kappa shape index (κ2) is 9.48. The van der Waals surface area contributed by atoms with Crippen molar-refractivity contribution in [3.63, 3.8) is 0 Å². The third-order valence-electron chi connectivity index (χ3n) is 6.03. The van der Waals surface area contributed by atoms with Crippen molar-refractivity contribution in [1.82, 2.24) is 14.7 Å². The Morgan fingerprint density at radius 1 is 1.03 bits per heavy atom. The van der Waals surface area contributed by atoms with Crippen molar-refractivity contribution in [2.45, 2.75) is 25.6 Å². The molecule has 4 rings (SSSR count). The monoisotopic (exact) mass is 439 g/mol. The second-order valence-corrected chi connectivity index (χ2v) is 9.16. The molecule has 1 amide bonds. The van der Waals surface area contributed by atoms with Gasteiger partial charge >= 0.3 is 0 Å². The number of nitrogens with zero attached hydrogens (tertiary/aromatic N) is 3. The van der Waals surface area contributed by atoms with Gasteiger partial charge in [-0.05, 0) is 44.8 Å². The number of fused-ring (bicyclic) bond motifs is 2. The normalized spacial score (nSPS) is 18.5. The molecule has 1 atom stereocenters. The molecular weight excluding hydrogens is 406 g/mol. The summed E-state index contributed by atoms with van der Waals surface area (Å²) in [4.78, 5) is 19.2. The molecule has 2 aromatic carbocycles. The molecule has 0 bridgehead atoms. The van der Waals surface area contributed by atoms with E-state index in [4.69, 9.17) is 9.47 Å². The zero-order valence-corrected chi connectivity index (χ0v) is 19.2. The number of ether oxygens (including phenoxy) is 2. The molecule has 2 aliphatic rings. The van der Waals surface area contributed by atoms with Gasteiger partial charge in [-0.1, -0.05) is 24.3 Å². The van der Waals surface area contributed by atoms with Gasteiger partial charge in [0, 0.05) is 37.3 Å². The fourth-order valence-corrected chi connectivity index (χ4v) is 4.46. The largest absolute Gasteiger partial charge is 0.492 e. The molecule has 0 radical (unpaired) electrons. The predicted molar refractivity (Wildman–Crippen MR) is 123 cm³/mol. The summed E-state index contributed by atoms with van der Waals surface area (Å²) >= 11 is 0. The molecule has 0 saturated carbocycles. The number of likely N-dealkylation sites (N-methyl/N-ethyl adjacent to an activating group) is 1. The molecule has 0 spiro atoms. The van der Waals surface area contributed by atoms with Crippen LogP contribution in [0.2, 0.25) is 0 Å². The maximum absolute atomic E-state index is 13.2. The first kappa shape index (κ1) is 22.6. The van der Waals surface area contributed by atoms with Crippen molar-refractivity contribution in [1.29, 1.82) is 0 Å². The number of rotatable bonds is 5. The summed E-state index contributed by atoms with van der Waals surface area (Å²) in [6.45, 7) is 6.10. The molecular formula is C25H33N3O4. The van der Waals surface area contributed by atoms with Crippen LogP contribution in [0.5, 0.6) is 11.5 Å². The maximum Gasteiger partial charge on any atom is 0.237 e. The molecule has 0 aromatic heterocycles. The molecule has 2 heterocycles. The van der Waals surface area contributed by atoms with Gasteiger partial charge in [0.2, 0.25) is 5.91 Å². The number of hydrogen-bond acceptors (Lipinski definition) is 6. The summed E-state index contributed by atoms with van der Waals surface area (Å²) in [5, 5.41) is 10.9.